The van der Waals surface area contributed by atoms with Crippen LogP contribution in [0.15, 0.2) is 42.5 Å². The molecule has 1 aliphatic rings. The van der Waals surface area contributed by atoms with Crippen molar-refractivity contribution in [3.05, 3.63) is 65.0 Å². The summed E-state index contributed by atoms with van der Waals surface area (Å²) in [6, 6.07) is 10.2. The minimum absolute atomic E-state index is 0.0315. The highest BCUT2D eigenvalue weighted by Crippen LogP contribution is 2.40. The molecule has 2 amide bonds. The second kappa shape index (κ2) is 9.73. The fourth-order valence-corrected chi connectivity index (χ4v) is 4.08. The van der Waals surface area contributed by atoms with Crippen molar-refractivity contribution < 1.29 is 32.6 Å². The predicted molar refractivity (Wildman–Crippen MR) is 124 cm³/mol. The summed E-state index contributed by atoms with van der Waals surface area (Å²) in [5.74, 6) is -4.66. The zero-order chi connectivity index (χ0) is 26.9. The van der Waals surface area contributed by atoms with Crippen LogP contribution in [0.4, 0.5) is 23.8 Å². The Morgan fingerprint density at radius 1 is 1.30 bits per heavy atom. The number of hydrogen-bond acceptors (Lipinski definition) is 6. The Morgan fingerprint density at radius 3 is 2.59 bits per heavy atom. The lowest BCUT2D eigenvalue weighted by atomic mass is 10.1. The third kappa shape index (κ3) is 4.86. The summed E-state index contributed by atoms with van der Waals surface area (Å²) in [5, 5.41) is 25.5. The number of benzene rings is 2. The van der Waals surface area contributed by atoms with Crippen LogP contribution in [-0.2, 0) is 6.54 Å². The number of nitrogens with zero attached hydrogens (tertiary/aromatic N) is 4. The fourth-order valence-electron chi connectivity index (χ4n) is 4.08. The molecule has 1 aromatic heterocycles. The van der Waals surface area contributed by atoms with E-state index in [-0.39, 0.29) is 34.9 Å². The van der Waals surface area contributed by atoms with E-state index >= 15 is 0 Å². The number of hydrogen-bond donors (Lipinski definition) is 3. The van der Waals surface area contributed by atoms with Gasteiger partial charge in [-0.05, 0) is 23.8 Å². The molecule has 13 heteroatoms. The first-order valence-electron chi connectivity index (χ1n) is 10.9. The summed E-state index contributed by atoms with van der Waals surface area (Å²) < 4.78 is 48.6. The second-order valence-electron chi connectivity index (χ2n) is 8.33. The molecular formula is C24H21F3N6O4. The largest absolute Gasteiger partial charge is 0.496 e. The summed E-state index contributed by atoms with van der Waals surface area (Å²) >= 11 is 0. The van der Waals surface area contributed by atoms with E-state index in [0.29, 0.717) is 16.0 Å². The van der Waals surface area contributed by atoms with E-state index in [9.17, 15) is 28.0 Å². The number of carbonyl (C=O) groups excluding carboxylic acids is 1. The van der Waals surface area contributed by atoms with Crippen LogP contribution in [0.25, 0.3) is 11.3 Å². The van der Waals surface area contributed by atoms with Crippen molar-refractivity contribution in [2.75, 3.05) is 25.9 Å². The van der Waals surface area contributed by atoms with Crippen LogP contribution in [-0.4, -0.2) is 57.9 Å². The molecule has 0 radical (unpaired) electrons. The third-order valence-corrected chi connectivity index (χ3v) is 5.99. The number of rotatable bonds is 6. The molecule has 1 fully saturated rings. The molecule has 4 N–H and O–H groups in total. The van der Waals surface area contributed by atoms with Crippen molar-refractivity contribution in [2.45, 2.75) is 18.5 Å². The van der Waals surface area contributed by atoms with E-state index in [1.807, 2.05) is 6.07 Å². The minimum atomic E-state index is -3.44. The van der Waals surface area contributed by atoms with E-state index in [0.717, 1.165) is 10.7 Å². The van der Waals surface area contributed by atoms with Crippen LogP contribution in [0.3, 0.4) is 0 Å². The van der Waals surface area contributed by atoms with Crippen molar-refractivity contribution in [3.8, 4) is 23.1 Å². The number of likely N-dealkylation sites (tertiary alicyclic amines) is 1. The molecule has 37 heavy (non-hydrogen) atoms. The lowest BCUT2D eigenvalue weighted by Gasteiger charge is -2.18. The number of carbonyl (C=O) groups is 2. The van der Waals surface area contributed by atoms with Crippen molar-refractivity contribution in [2.24, 2.45) is 0 Å². The van der Waals surface area contributed by atoms with Gasteiger partial charge >= 0.3 is 6.09 Å². The van der Waals surface area contributed by atoms with Gasteiger partial charge in [-0.25, -0.2) is 22.6 Å². The van der Waals surface area contributed by atoms with Gasteiger partial charge in [0.15, 0.2) is 0 Å². The van der Waals surface area contributed by atoms with Crippen molar-refractivity contribution >= 4 is 17.8 Å². The van der Waals surface area contributed by atoms with Crippen LogP contribution in [0.2, 0.25) is 0 Å². The van der Waals surface area contributed by atoms with Gasteiger partial charge in [0.1, 0.15) is 40.8 Å². The molecule has 10 nitrogen and oxygen atoms in total. The van der Waals surface area contributed by atoms with Crippen molar-refractivity contribution in [1.29, 1.82) is 5.26 Å². The van der Waals surface area contributed by atoms with Gasteiger partial charge in [-0.1, -0.05) is 24.3 Å². The maximum atomic E-state index is 14.6. The van der Waals surface area contributed by atoms with Crippen LogP contribution in [0, 0.1) is 17.1 Å². The average molecular weight is 514 g/mol. The van der Waals surface area contributed by atoms with Gasteiger partial charge in [0.05, 0.1) is 25.8 Å². The van der Waals surface area contributed by atoms with Crippen molar-refractivity contribution in [3.63, 3.8) is 0 Å². The first kappa shape index (κ1) is 25.4. The number of methoxy groups -OCH3 is 1. The molecule has 2 aromatic carbocycles. The van der Waals surface area contributed by atoms with E-state index in [1.54, 1.807) is 24.3 Å². The molecule has 1 saturated heterocycles. The number of alkyl halides is 2. The molecule has 1 unspecified atom stereocenters. The molecule has 0 bridgehead atoms. The maximum Gasteiger partial charge on any atom is 0.407 e. The Bertz CT molecular complexity index is 1400. The molecule has 0 saturated carbocycles. The molecule has 192 valence electrons. The second-order valence-corrected chi connectivity index (χ2v) is 8.33. The van der Waals surface area contributed by atoms with E-state index in [1.165, 1.54) is 19.2 Å². The van der Waals surface area contributed by atoms with Gasteiger partial charge in [-0.15, -0.1) is 0 Å². The number of nitriles is 1. The molecule has 2 heterocycles. The van der Waals surface area contributed by atoms with Crippen LogP contribution in [0.5, 0.6) is 5.75 Å². The first-order chi connectivity index (χ1) is 17.6. The molecule has 4 rings (SSSR count). The number of nitrogens with two attached hydrogens (primary N) is 1. The minimum Gasteiger partial charge on any atom is -0.496 e. The van der Waals surface area contributed by atoms with Crippen LogP contribution >= 0.6 is 0 Å². The number of carboxylic acid groups (broad SMARTS) is 1. The van der Waals surface area contributed by atoms with Gasteiger partial charge in [0.2, 0.25) is 0 Å². The van der Waals surface area contributed by atoms with E-state index in [2.05, 4.69) is 10.4 Å². The number of nitrogens with one attached hydrogen (secondary N) is 1. The molecule has 1 atom stereocenters. The summed E-state index contributed by atoms with van der Waals surface area (Å²) in [4.78, 5) is 24.2. The Morgan fingerprint density at radius 2 is 2.00 bits per heavy atom. The molecule has 3 aromatic rings. The fraction of sp³-hybridized carbons (Fsp3) is 0.250. The zero-order valence-corrected chi connectivity index (χ0v) is 19.4. The number of anilines is 1. The SMILES string of the molecule is COc1ccc(F)cc1C(=O)NCc1ccc(-c2nn(C3CN(C(=O)O)CC3(F)F)c(N)c2C#N)cc1. The van der Waals surface area contributed by atoms with Crippen molar-refractivity contribution in [1.82, 2.24) is 20.0 Å². The van der Waals surface area contributed by atoms with Gasteiger partial charge in [-0.2, -0.15) is 10.4 Å². The maximum absolute atomic E-state index is 14.6. The molecular weight excluding hydrogens is 493 g/mol. The highest BCUT2D eigenvalue weighted by atomic mass is 19.3. The molecule has 1 aliphatic heterocycles. The van der Waals surface area contributed by atoms with Gasteiger partial charge < -0.3 is 20.9 Å². The molecule has 0 spiro atoms. The summed E-state index contributed by atoms with van der Waals surface area (Å²) in [6.07, 6.45) is -1.49. The third-order valence-electron chi connectivity index (χ3n) is 5.99. The normalized spacial score (nSPS) is 16.3. The van der Waals surface area contributed by atoms with E-state index in [4.69, 9.17) is 15.6 Å². The molecule has 0 aliphatic carbocycles. The number of amides is 2. The van der Waals surface area contributed by atoms with Gasteiger partial charge in [-0.3, -0.25) is 9.69 Å². The highest BCUT2D eigenvalue weighted by molar-refractivity contribution is 5.96. The number of ether oxygens (including phenoxy) is 1. The Kier molecular flexibility index (Phi) is 6.67. The lowest BCUT2D eigenvalue weighted by molar-refractivity contribution is -0.0236. The number of halogens is 3. The lowest BCUT2D eigenvalue weighted by Crippen LogP contribution is -2.31. The standard InChI is InChI=1S/C24H21F3N6O4/c1-37-18-7-6-15(25)8-16(18)22(34)30-10-13-2-4-14(5-3-13)20-17(9-28)21(29)33(31-20)19-11-32(23(35)36)12-24(19,26)27/h2-8,19H,10-12,29H2,1H3,(H,30,34)(H,35,36). The number of nitrogen functional groups attached to an aromatic ring is 1. The Labute approximate surface area is 208 Å². The summed E-state index contributed by atoms with van der Waals surface area (Å²) in [5.41, 5.74) is 6.99. The van der Waals surface area contributed by atoms with Gasteiger partial charge in [0.25, 0.3) is 11.8 Å². The quantitative estimate of drug-likeness (QED) is 0.458. The smallest absolute Gasteiger partial charge is 0.407 e. The van der Waals surface area contributed by atoms with E-state index < -0.39 is 42.9 Å². The predicted octanol–water partition coefficient (Wildman–Crippen LogP) is 3.25. The summed E-state index contributed by atoms with van der Waals surface area (Å²) in [6.45, 7) is -1.46. The Balaban J connectivity index is 1.54. The first-order valence-corrected chi connectivity index (χ1v) is 10.9. The zero-order valence-electron chi connectivity index (χ0n) is 19.4. The Hall–Kier alpha value is -4.73. The van der Waals surface area contributed by atoms with Gasteiger partial charge in [0, 0.05) is 12.1 Å². The average Bonchev–Trinajstić information content (AvgIpc) is 3.37. The highest BCUT2D eigenvalue weighted by Gasteiger charge is 2.52. The number of aromatic nitrogens is 2. The van der Waals surface area contributed by atoms with Crippen LogP contribution < -0.4 is 15.8 Å². The topological polar surface area (TPSA) is 146 Å². The monoisotopic (exact) mass is 514 g/mol. The van der Waals surface area contributed by atoms with Crippen LogP contribution in [0.1, 0.15) is 27.5 Å². The summed E-state index contributed by atoms with van der Waals surface area (Å²) in [7, 11) is 1.36.